The smallest absolute Gasteiger partial charge is 0.181 e. The highest BCUT2D eigenvalue weighted by Gasteiger charge is 2.36. The average Bonchev–Trinajstić information content (AvgIpc) is 2.39. The van der Waals surface area contributed by atoms with Gasteiger partial charge in [0.05, 0.1) is 0 Å². The molecule has 1 aromatic rings. The van der Waals surface area contributed by atoms with E-state index in [0.717, 1.165) is 36.1 Å². The van der Waals surface area contributed by atoms with Crippen molar-refractivity contribution in [3.8, 4) is 0 Å². The largest absolute Gasteiger partial charge is 0.315 e. The van der Waals surface area contributed by atoms with E-state index in [1.165, 1.54) is 0 Å². The van der Waals surface area contributed by atoms with Crippen LogP contribution < -0.4 is 0 Å². The molecule has 18 heavy (non-hydrogen) atoms. The topological polar surface area (TPSA) is 26.3 Å². The Balaban J connectivity index is 3.20. The molecule has 1 aromatic carbocycles. The highest BCUT2D eigenvalue weighted by atomic mass is 32.1. The maximum absolute atomic E-state index is 11.1. The Morgan fingerprint density at radius 2 is 1.94 bits per heavy atom. The number of benzene rings is 1. The van der Waals surface area contributed by atoms with Crippen molar-refractivity contribution in [2.45, 2.75) is 45.1 Å². The van der Waals surface area contributed by atoms with E-state index < -0.39 is 14.3 Å². The first-order chi connectivity index (χ1) is 8.71. The van der Waals surface area contributed by atoms with E-state index in [1.807, 2.05) is 30.3 Å². The molecule has 2 atom stereocenters. The molecule has 0 aliphatic heterocycles. The third-order valence-corrected chi connectivity index (χ3v) is 4.05. The summed E-state index contributed by atoms with van der Waals surface area (Å²) in [5, 5.41) is 0. The van der Waals surface area contributed by atoms with E-state index in [0.29, 0.717) is 0 Å². The molecular formula is C14H21O2PS. The van der Waals surface area contributed by atoms with E-state index in [-0.39, 0.29) is 0 Å². The molecule has 0 amide bonds. The number of hydrogen-bond donors (Lipinski definition) is 0. The van der Waals surface area contributed by atoms with Gasteiger partial charge in [0.1, 0.15) is 5.60 Å². The van der Waals surface area contributed by atoms with Gasteiger partial charge in [0.25, 0.3) is 0 Å². The second-order valence-electron chi connectivity index (χ2n) is 4.33. The van der Waals surface area contributed by atoms with Crippen LogP contribution >= 0.6 is 20.9 Å². The summed E-state index contributed by atoms with van der Waals surface area (Å²) >= 11 is 5.55. The highest BCUT2D eigenvalue weighted by molar-refractivity contribution is 7.80. The molecule has 0 N–H and O–H groups in total. The molecule has 0 heterocycles. The monoisotopic (exact) mass is 284 g/mol. The van der Waals surface area contributed by atoms with Crippen LogP contribution in [-0.4, -0.2) is 4.86 Å². The first-order valence-electron chi connectivity index (χ1n) is 6.41. The fraction of sp³-hybridized carbons (Fsp3) is 0.500. The fourth-order valence-corrected chi connectivity index (χ4v) is 3.33. The second kappa shape index (κ2) is 7.83. The Morgan fingerprint density at radius 3 is 2.44 bits per heavy atom. The van der Waals surface area contributed by atoms with Gasteiger partial charge in [-0.25, -0.2) is 0 Å². The number of rotatable bonds is 8. The molecule has 4 heteroatoms. The molecule has 0 aliphatic carbocycles. The quantitative estimate of drug-likeness (QED) is 0.518. The minimum atomic E-state index is -1.27. The van der Waals surface area contributed by atoms with Crippen LogP contribution in [0.25, 0.3) is 0 Å². The average molecular weight is 284 g/mol. The van der Waals surface area contributed by atoms with Crippen LogP contribution in [0.2, 0.25) is 0 Å². The van der Waals surface area contributed by atoms with Crippen molar-refractivity contribution in [3.63, 3.8) is 0 Å². The molecule has 1 rings (SSSR count). The van der Waals surface area contributed by atoms with Gasteiger partial charge in [-0.2, -0.15) is 0 Å². The molecule has 0 radical (unpaired) electrons. The van der Waals surface area contributed by atoms with Crippen molar-refractivity contribution in [2.24, 2.45) is 0 Å². The number of hydrogen-bond acceptors (Lipinski definition) is 3. The molecule has 0 aromatic heterocycles. The standard InChI is InChI=1S/C14H21O2PS/c1-3-8-13(18)14(11-4-2,16-17-15)12-9-6-5-7-10-12/h5-7,9-10H,3-4,8,11,17H2,1-2H3. The van der Waals surface area contributed by atoms with Crippen LogP contribution in [0.3, 0.4) is 0 Å². The van der Waals surface area contributed by atoms with Crippen LogP contribution in [0, 0.1) is 0 Å². The van der Waals surface area contributed by atoms with Gasteiger partial charge in [0, 0.05) is 4.86 Å². The summed E-state index contributed by atoms with van der Waals surface area (Å²) in [5.41, 5.74) is 0.381. The normalized spacial score (nSPS) is 14.8. The molecular weight excluding hydrogens is 263 g/mol. The van der Waals surface area contributed by atoms with E-state index in [4.69, 9.17) is 16.7 Å². The Kier molecular flexibility index (Phi) is 6.77. The lowest BCUT2D eigenvalue weighted by Gasteiger charge is -2.33. The van der Waals surface area contributed by atoms with Gasteiger partial charge in [-0.05, 0) is 18.4 Å². The van der Waals surface area contributed by atoms with Crippen LogP contribution in [-0.2, 0) is 14.7 Å². The van der Waals surface area contributed by atoms with E-state index >= 15 is 0 Å². The maximum atomic E-state index is 11.1. The van der Waals surface area contributed by atoms with Crippen LogP contribution in [0.4, 0.5) is 0 Å². The van der Waals surface area contributed by atoms with Crippen LogP contribution in [0.1, 0.15) is 45.1 Å². The maximum Gasteiger partial charge on any atom is 0.181 e. The van der Waals surface area contributed by atoms with Gasteiger partial charge in [-0.1, -0.05) is 69.2 Å². The summed E-state index contributed by atoms with van der Waals surface area (Å²) in [4.78, 5) is 0.862. The van der Waals surface area contributed by atoms with Gasteiger partial charge in [-0.3, -0.25) is 4.57 Å². The molecule has 0 fully saturated rings. The minimum absolute atomic E-state index is 0.640. The first kappa shape index (κ1) is 15.6. The van der Waals surface area contributed by atoms with Crippen LogP contribution in [0.5, 0.6) is 0 Å². The fourth-order valence-electron chi connectivity index (χ4n) is 2.21. The Hall–Kier alpha value is -0.500. The molecule has 2 unspecified atom stereocenters. The van der Waals surface area contributed by atoms with Gasteiger partial charge in [-0.15, -0.1) is 0 Å². The third-order valence-electron chi connectivity index (χ3n) is 3.02. The van der Waals surface area contributed by atoms with Gasteiger partial charge in [0.15, 0.2) is 8.69 Å². The van der Waals surface area contributed by atoms with Crippen molar-refractivity contribution in [1.29, 1.82) is 0 Å². The molecule has 0 bridgehead atoms. The lowest BCUT2D eigenvalue weighted by Crippen LogP contribution is -2.35. The first-order valence-corrected chi connectivity index (χ1v) is 7.76. The summed E-state index contributed by atoms with van der Waals surface area (Å²) in [6.45, 7) is 4.19. The highest BCUT2D eigenvalue weighted by Crippen LogP contribution is 2.37. The Morgan fingerprint density at radius 1 is 1.28 bits per heavy atom. The Labute approximate surface area is 116 Å². The van der Waals surface area contributed by atoms with Gasteiger partial charge < -0.3 is 4.52 Å². The van der Waals surface area contributed by atoms with Crippen molar-refractivity contribution >= 4 is 25.8 Å². The van der Waals surface area contributed by atoms with Gasteiger partial charge >= 0.3 is 0 Å². The molecule has 0 aliphatic rings. The third kappa shape index (κ3) is 3.50. The van der Waals surface area contributed by atoms with E-state index in [2.05, 4.69) is 13.8 Å². The van der Waals surface area contributed by atoms with Crippen molar-refractivity contribution in [2.75, 3.05) is 0 Å². The van der Waals surface area contributed by atoms with E-state index in [1.54, 1.807) is 0 Å². The molecule has 100 valence electrons. The zero-order valence-corrected chi connectivity index (χ0v) is 13.0. The zero-order valence-electron chi connectivity index (χ0n) is 11.0. The second-order valence-corrected chi connectivity index (χ2v) is 5.25. The predicted octanol–water partition coefficient (Wildman–Crippen LogP) is 4.54. The van der Waals surface area contributed by atoms with Gasteiger partial charge in [0.2, 0.25) is 0 Å². The van der Waals surface area contributed by atoms with Crippen molar-refractivity contribution < 1.29 is 9.09 Å². The summed E-state index contributed by atoms with van der Waals surface area (Å²) in [7, 11) is -1.27. The SMILES string of the molecule is CCCC(=S)C(CCC)(O[PH2]=O)c1ccccc1. The lowest BCUT2D eigenvalue weighted by atomic mass is 9.84. The molecule has 0 spiro atoms. The zero-order chi connectivity index (χ0) is 13.4. The Bertz CT molecular complexity index is 394. The lowest BCUT2D eigenvalue weighted by molar-refractivity contribution is 0.149. The molecule has 0 saturated carbocycles. The van der Waals surface area contributed by atoms with Crippen molar-refractivity contribution in [3.05, 3.63) is 35.9 Å². The predicted molar refractivity (Wildman–Crippen MR) is 82.0 cm³/mol. The van der Waals surface area contributed by atoms with Crippen molar-refractivity contribution in [1.82, 2.24) is 0 Å². The summed E-state index contributed by atoms with van der Waals surface area (Å²) in [5.74, 6) is 0. The summed E-state index contributed by atoms with van der Waals surface area (Å²) < 4.78 is 16.8. The summed E-state index contributed by atoms with van der Waals surface area (Å²) in [6.07, 6.45) is 3.53. The minimum Gasteiger partial charge on any atom is -0.315 e. The molecule has 0 saturated heterocycles. The van der Waals surface area contributed by atoms with Crippen LogP contribution in [0.15, 0.2) is 30.3 Å². The molecule has 2 nitrogen and oxygen atoms in total. The number of thiocarbonyl (C=S) groups is 1. The summed E-state index contributed by atoms with van der Waals surface area (Å²) in [6, 6.07) is 9.92. The van der Waals surface area contributed by atoms with E-state index in [9.17, 15) is 4.57 Å².